The van der Waals surface area contributed by atoms with E-state index in [-0.39, 0.29) is 0 Å². The Labute approximate surface area is 127 Å². The first-order chi connectivity index (χ1) is 9.74. The predicted octanol–water partition coefficient (Wildman–Crippen LogP) is 3.69. The molecule has 0 unspecified atom stereocenters. The third kappa shape index (κ3) is 7.46. The minimum Gasteiger partial charge on any atom is -0.493 e. The predicted molar refractivity (Wildman–Crippen MR) is 87.4 cm³/mol. The second-order valence-electron chi connectivity index (χ2n) is 4.77. The Morgan fingerprint density at radius 3 is 2.65 bits per heavy atom. The van der Waals surface area contributed by atoms with Crippen LogP contribution in [0, 0.1) is 0 Å². The van der Waals surface area contributed by atoms with Gasteiger partial charge in [-0.3, -0.25) is 0 Å². The van der Waals surface area contributed by atoms with E-state index in [2.05, 4.69) is 6.92 Å². The number of hydrogen-bond donors (Lipinski definition) is 1. The molecule has 1 aromatic carbocycles. The summed E-state index contributed by atoms with van der Waals surface area (Å²) in [5, 5.41) is 0. The molecule has 0 heterocycles. The molecule has 20 heavy (non-hydrogen) atoms. The van der Waals surface area contributed by atoms with Crippen LogP contribution in [0.2, 0.25) is 0 Å². The number of ether oxygens (including phenoxy) is 2. The summed E-state index contributed by atoms with van der Waals surface area (Å²) in [5.41, 5.74) is 6.42. The largest absolute Gasteiger partial charge is 0.493 e. The van der Waals surface area contributed by atoms with E-state index in [1.54, 1.807) is 0 Å². The molecular weight excluding hydrogens is 270 g/mol. The second kappa shape index (κ2) is 10.6. The fraction of sp³-hybridized carbons (Fsp3) is 0.562. The Bertz CT molecular complexity index is 396. The van der Waals surface area contributed by atoms with E-state index in [9.17, 15) is 0 Å². The first-order valence-electron chi connectivity index (χ1n) is 7.34. The van der Waals surface area contributed by atoms with Crippen LogP contribution in [0.1, 0.15) is 44.6 Å². The second-order valence-corrected chi connectivity index (χ2v) is 5.21. The number of rotatable bonds is 11. The summed E-state index contributed by atoms with van der Waals surface area (Å²) in [6.45, 7) is 4.47. The van der Waals surface area contributed by atoms with Gasteiger partial charge < -0.3 is 15.2 Å². The van der Waals surface area contributed by atoms with Crippen molar-refractivity contribution in [2.24, 2.45) is 5.73 Å². The first kappa shape index (κ1) is 16.9. The van der Waals surface area contributed by atoms with Crippen molar-refractivity contribution in [3.63, 3.8) is 0 Å². The molecule has 1 rings (SSSR count). The number of hydrogen-bond acceptors (Lipinski definition) is 3. The lowest BCUT2D eigenvalue weighted by Gasteiger charge is -2.08. The summed E-state index contributed by atoms with van der Waals surface area (Å²) in [5.74, 6) is 0.804. The Morgan fingerprint density at radius 1 is 1.10 bits per heavy atom. The standard InChI is InChI=1S/C16H25NO2S/c1-2-3-4-5-10-18-11-7-12-19-15-9-6-8-14(13-15)16(17)20/h6,8-9,13H,2-5,7,10-12H2,1H3,(H2,17,20). The van der Waals surface area contributed by atoms with Crippen LogP contribution in [0.5, 0.6) is 5.75 Å². The van der Waals surface area contributed by atoms with E-state index in [1.807, 2.05) is 24.3 Å². The third-order valence-corrected chi connectivity index (χ3v) is 3.20. The van der Waals surface area contributed by atoms with Gasteiger partial charge in [0.1, 0.15) is 10.7 Å². The molecule has 0 aliphatic carbocycles. The Morgan fingerprint density at radius 2 is 1.90 bits per heavy atom. The molecule has 2 N–H and O–H groups in total. The van der Waals surface area contributed by atoms with Crippen LogP contribution in [0.25, 0.3) is 0 Å². The maximum atomic E-state index is 5.65. The van der Waals surface area contributed by atoms with Gasteiger partial charge in [0.05, 0.1) is 6.61 Å². The van der Waals surface area contributed by atoms with Crippen LogP contribution >= 0.6 is 12.2 Å². The van der Waals surface area contributed by atoms with Gasteiger partial charge in [-0.15, -0.1) is 0 Å². The lowest BCUT2D eigenvalue weighted by molar-refractivity contribution is 0.116. The van der Waals surface area contributed by atoms with Gasteiger partial charge >= 0.3 is 0 Å². The highest BCUT2D eigenvalue weighted by Crippen LogP contribution is 2.13. The molecule has 0 saturated heterocycles. The van der Waals surface area contributed by atoms with E-state index in [1.165, 1.54) is 19.3 Å². The highest BCUT2D eigenvalue weighted by atomic mass is 32.1. The van der Waals surface area contributed by atoms with Gasteiger partial charge in [-0.1, -0.05) is 50.5 Å². The molecule has 0 amide bonds. The molecular formula is C16H25NO2S. The SMILES string of the molecule is CCCCCCOCCCOc1cccc(C(N)=S)c1. The molecule has 0 aliphatic rings. The van der Waals surface area contributed by atoms with E-state index in [4.69, 9.17) is 27.4 Å². The van der Waals surface area contributed by atoms with E-state index >= 15 is 0 Å². The van der Waals surface area contributed by atoms with Crippen molar-refractivity contribution >= 4 is 17.2 Å². The smallest absolute Gasteiger partial charge is 0.119 e. The van der Waals surface area contributed by atoms with E-state index in [0.29, 0.717) is 11.6 Å². The van der Waals surface area contributed by atoms with Gasteiger partial charge in [0.25, 0.3) is 0 Å². The van der Waals surface area contributed by atoms with Crippen LogP contribution in [-0.2, 0) is 4.74 Å². The molecule has 0 saturated carbocycles. The van der Waals surface area contributed by atoms with Crippen molar-refractivity contribution in [2.45, 2.75) is 39.0 Å². The molecule has 0 bridgehead atoms. The molecule has 0 aliphatic heterocycles. The third-order valence-electron chi connectivity index (χ3n) is 2.96. The molecule has 0 radical (unpaired) electrons. The zero-order valence-electron chi connectivity index (χ0n) is 12.3. The molecule has 112 valence electrons. The van der Waals surface area contributed by atoms with Crippen molar-refractivity contribution < 1.29 is 9.47 Å². The van der Waals surface area contributed by atoms with Gasteiger partial charge in [0, 0.05) is 25.2 Å². The molecule has 3 nitrogen and oxygen atoms in total. The summed E-state index contributed by atoms with van der Waals surface area (Å²) in [4.78, 5) is 0.394. The van der Waals surface area contributed by atoms with Crippen LogP contribution in [-0.4, -0.2) is 24.8 Å². The molecule has 0 aromatic heterocycles. The van der Waals surface area contributed by atoms with Crippen molar-refractivity contribution in [1.82, 2.24) is 0 Å². The molecule has 0 atom stereocenters. The van der Waals surface area contributed by atoms with Crippen LogP contribution in [0.4, 0.5) is 0 Å². The zero-order valence-corrected chi connectivity index (χ0v) is 13.1. The molecule has 0 fully saturated rings. The van der Waals surface area contributed by atoms with Gasteiger partial charge in [0.15, 0.2) is 0 Å². The minimum atomic E-state index is 0.394. The molecule has 1 aromatic rings. The highest BCUT2D eigenvalue weighted by molar-refractivity contribution is 7.80. The lowest BCUT2D eigenvalue weighted by atomic mass is 10.2. The van der Waals surface area contributed by atoms with E-state index in [0.717, 1.165) is 37.4 Å². The Kier molecular flexibility index (Phi) is 9.00. The van der Waals surface area contributed by atoms with Gasteiger partial charge in [-0.05, 0) is 18.6 Å². The van der Waals surface area contributed by atoms with Gasteiger partial charge in [-0.25, -0.2) is 0 Å². The van der Waals surface area contributed by atoms with Crippen LogP contribution in [0.3, 0.4) is 0 Å². The van der Waals surface area contributed by atoms with E-state index < -0.39 is 0 Å². The van der Waals surface area contributed by atoms with Crippen LogP contribution in [0.15, 0.2) is 24.3 Å². The summed E-state index contributed by atoms with van der Waals surface area (Å²) >= 11 is 4.94. The maximum Gasteiger partial charge on any atom is 0.119 e. The Hall–Kier alpha value is -1.13. The van der Waals surface area contributed by atoms with Crippen molar-refractivity contribution in [2.75, 3.05) is 19.8 Å². The minimum absolute atomic E-state index is 0.394. The normalized spacial score (nSPS) is 10.4. The summed E-state index contributed by atoms with van der Waals surface area (Å²) in [7, 11) is 0. The van der Waals surface area contributed by atoms with Crippen molar-refractivity contribution in [3.8, 4) is 5.75 Å². The summed E-state index contributed by atoms with van der Waals surface area (Å²) in [6.07, 6.45) is 5.87. The van der Waals surface area contributed by atoms with Crippen molar-refractivity contribution in [1.29, 1.82) is 0 Å². The van der Waals surface area contributed by atoms with Gasteiger partial charge in [-0.2, -0.15) is 0 Å². The molecule has 4 heteroatoms. The number of unbranched alkanes of at least 4 members (excludes halogenated alkanes) is 3. The zero-order chi connectivity index (χ0) is 14.6. The lowest BCUT2D eigenvalue weighted by Crippen LogP contribution is -2.09. The fourth-order valence-corrected chi connectivity index (χ4v) is 1.95. The average Bonchev–Trinajstić information content (AvgIpc) is 2.46. The number of nitrogens with two attached hydrogens (primary N) is 1. The monoisotopic (exact) mass is 295 g/mol. The fourth-order valence-electron chi connectivity index (χ4n) is 1.82. The topological polar surface area (TPSA) is 44.5 Å². The summed E-state index contributed by atoms with van der Waals surface area (Å²) < 4.78 is 11.2. The van der Waals surface area contributed by atoms with Crippen LogP contribution < -0.4 is 10.5 Å². The average molecular weight is 295 g/mol. The summed E-state index contributed by atoms with van der Waals surface area (Å²) in [6, 6.07) is 7.56. The van der Waals surface area contributed by atoms with Crippen molar-refractivity contribution in [3.05, 3.63) is 29.8 Å². The number of benzene rings is 1. The van der Waals surface area contributed by atoms with Gasteiger partial charge in [0.2, 0.25) is 0 Å². The Balaban J connectivity index is 2.06. The molecule has 0 spiro atoms. The highest BCUT2D eigenvalue weighted by Gasteiger charge is 1.99. The number of thiocarbonyl (C=S) groups is 1. The maximum absolute atomic E-state index is 5.65. The quantitative estimate of drug-likeness (QED) is 0.499. The first-order valence-corrected chi connectivity index (χ1v) is 7.75.